The van der Waals surface area contributed by atoms with Crippen molar-refractivity contribution in [2.45, 2.75) is 19.4 Å². The molecule has 2 heterocycles. The number of carbonyl (C=O) groups excluding carboxylic acids is 2. The Morgan fingerprint density at radius 3 is 2.26 bits per heavy atom. The number of aromatic nitrogens is 4. The van der Waals surface area contributed by atoms with Crippen LogP contribution in [-0.4, -0.2) is 69.3 Å². The van der Waals surface area contributed by atoms with E-state index in [2.05, 4.69) is 41.2 Å². The van der Waals surface area contributed by atoms with Crippen molar-refractivity contribution in [3.63, 3.8) is 0 Å². The average Bonchev–Trinajstić information content (AvgIpc) is 3.03. The summed E-state index contributed by atoms with van der Waals surface area (Å²) in [5.41, 5.74) is 29.2. The van der Waals surface area contributed by atoms with Gasteiger partial charge in [-0.15, -0.1) is 5.10 Å². The van der Waals surface area contributed by atoms with Crippen LogP contribution in [0.15, 0.2) is 53.8 Å². The van der Waals surface area contributed by atoms with E-state index in [-0.39, 0.29) is 35.9 Å². The Morgan fingerprint density at radius 2 is 1.61 bits per heavy atom. The number of carbonyl (C=O) groups is 3. The Balaban J connectivity index is 0.00000185. The number of amidine groups is 1. The van der Waals surface area contributed by atoms with Crippen molar-refractivity contribution in [3.8, 4) is 0 Å². The molecule has 0 radical (unpaired) electrons. The van der Waals surface area contributed by atoms with Crippen molar-refractivity contribution in [3.05, 3.63) is 71.0 Å². The standard InChI is InChI=1S/C27H34N14O2.CH2O2/c1-41(14-17-13-35-24-21(36-17)23(30)37-27(31)38-24)18-7-4-15(5-8-18)25(42)33-10-2-3-11-34-26(43)19-9-6-16(28)12-20(19)22(29)39-40-32;2-1-3/h4-9,12-13,40H,2-3,10-11,14,28,32H2,1H3,(H2,29,39)(H,33,42)(H,34,43)(H4,30,31,35,37,38);1H,(H,2,3). The molecule has 0 atom stereocenters. The summed E-state index contributed by atoms with van der Waals surface area (Å²) in [5, 5.41) is 16.3. The third-order valence-corrected chi connectivity index (χ3v) is 6.39. The first-order chi connectivity index (χ1) is 22.1. The maximum absolute atomic E-state index is 12.7. The second-order valence-corrected chi connectivity index (χ2v) is 9.66. The molecule has 4 aromatic rings. The van der Waals surface area contributed by atoms with Crippen molar-refractivity contribution in [1.82, 2.24) is 36.1 Å². The van der Waals surface area contributed by atoms with E-state index in [0.29, 0.717) is 71.7 Å². The maximum atomic E-state index is 12.7. The van der Waals surface area contributed by atoms with E-state index in [0.717, 1.165) is 5.69 Å². The fourth-order valence-electron chi connectivity index (χ4n) is 4.21. The lowest BCUT2D eigenvalue weighted by molar-refractivity contribution is -0.122. The number of carboxylic acid groups (broad SMARTS) is 1. The minimum atomic E-state index is -0.324. The van der Waals surface area contributed by atoms with Crippen LogP contribution < -0.4 is 49.8 Å². The van der Waals surface area contributed by atoms with Crippen LogP contribution in [0.2, 0.25) is 0 Å². The van der Waals surface area contributed by atoms with Gasteiger partial charge in [-0.25, -0.2) is 21.3 Å². The number of nitrogens with one attached hydrogen (secondary N) is 3. The Labute approximate surface area is 263 Å². The second kappa shape index (κ2) is 16.5. The number of nitrogen functional groups attached to an aromatic ring is 3. The van der Waals surface area contributed by atoms with Crippen LogP contribution >= 0.6 is 0 Å². The highest BCUT2D eigenvalue weighted by Gasteiger charge is 2.15. The van der Waals surface area contributed by atoms with Crippen LogP contribution in [0.1, 0.15) is 44.8 Å². The van der Waals surface area contributed by atoms with Gasteiger partial charge in [0.1, 0.15) is 0 Å². The summed E-state index contributed by atoms with van der Waals surface area (Å²) in [5.74, 6) is 4.92. The number of benzene rings is 2. The predicted octanol–water partition coefficient (Wildman–Crippen LogP) is -0.473. The first kappa shape index (κ1) is 34.2. The number of fused-ring (bicyclic) bond motifs is 1. The smallest absolute Gasteiger partial charge is 0.290 e. The van der Waals surface area contributed by atoms with E-state index < -0.39 is 0 Å². The molecule has 0 aliphatic rings. The Bertz CT molecular complexity index is 1700. The largest absolute Gasteiger partial charge is 0.483 e. The first-order valence-corrected chi connectivity index (χ1v) is 13.8. The lowest BCUT2D eigenvalue weighted by Crippen LogP contribution is -2.30. The highest BCUT2D eigenvalue weighted by atomic mass is 16.3. The number of hydrogen-bond donors (Lipinski definition) is 9. The molecule has 4 rings (SSSR count). The van der Waals surface area contributed by atoms with Crippen LogP contribution in [0.25, 0.3) is 11.2 Å². The van der Waals surface area contributed by atoms with Crippen LogP contribution in [0.5, 0.6) is 0 Å². The van der Waals surface area contributed by atoms with Gasteiger partial charge in [0.15, 0.2) is 22.8 Å². The molecule has 0 fully saturated rings. The monoisotopic (exact) mass is 632 g/mol. The molecule has 0 bridgehead atoms. The molecule has 14 N–H and O–H groups in total. The molecule has 0 spiro atoms. The lowest BCUT2D eigenvalue weighted by atomic mass is 10.0. The molecule has 0 aliphatic carbocycles. The molecule has 18 heteroatoms. The van der Waals surface area contributed by atoms with Gasteiger partial charge in [-0.3, -0.25) is 14.4 Å². The fourth-order valence-corrected chi connectivity index (χ4v) is 4.21. The van der Waals surface area contributed by atoms with Crippen LogP contribution in [0.4, 0.5) is 23.1 Å². The summed E-state index contributed by atoms with van der Waals surface area (Å²) < 4.78 is 0. The van der Waals surface area contributed by atoms with Crippen molar-refractivity contribution < 1.29 is 19.5 Å². The molecular weight excluding hydrogens is 596 g/mol. The number of hydrazone groups is 1. The van der Waals surface area contributed by atoms with Gasteiger partial charge in [-0.1, -0.05) is 0 Å². The summed E-state index contributed by atoms with van der Waals surface area (Å²) in [7, 11) is 1.90. The molecule has 0 aliphatic heterocycles. The number of nitrogens with zero attached hydrogens (tertiary/aromatic N) is 6. The Morgan fingerprint density at radius 1 is 0.957 bits per heavy atom. The molecule has 18 nitrogen and oxygen atoms in total. The normalized spacial score (nSPS) is 10.8. The summed E-state index contributed by atoms with van der Waals surface area (Å²) in [6, 6.07) is 11.9. The fraction of sp³-hybridized carbons (Fsp3) is 0.214. The second-order valence-electron chi connectivity index (χ2n) is 9.66. The van der Waals surface area contributed by atoms with Crippen molar-refractivity contribution in [1.29, 1.82) is 0 Å². The Kier molecular flexibility index (Phi) is 12.3. The van der Waals surface area contributed by atoms with Gasteiger partial charge in [0.25, 0.3) is 18.3 Å². The quantitative estimate of drug-likeness (QED) is 0.0181. The summed E-state index contributed by atoms with van der Waals surface area (Å²) in [4.78, 5) is 52.4. The first-order valence-electron chi connectivity index (χ1n) is 13.8. The van der Waals surface area contributed by atoms with Gasteiger partial charge in [0.2, 0.25) is 5.95 Å². The molecular formula is C28H36N14O4. The van der Waals surface area contributed by atoms with Crippen molar-refractivity contribution in [2.24, 2.45) is 16.7 Å². The van der Waals surface area contributed by atoms with E-state index in [4.69, 9.17) is 38.7 Å². The zero-order chi connectivity index (χ0) is 33.6. The molecule has 2 aromatic heterocycles. The molecule has 0 unspecified atom stereocenters. The van der Waals surface area contributed by atoms with Gasteiger partial charge in [0.05, 0.1) is 24.0 Å². The van der Waals surface area contributed by atoms with E-state index in [9.17, 15) is 9.59 Å². The van der Waals surface area contributed by atoms with Crippen molar-refractivity contribution in [2.75, 3.05) is 42.2 Å². The Hall–Kier alpha value is -6.30. The molecule has 242 valence electrons. The third-order valence-electron chi connectivity index (χ3n) is 6.39. The summed E-state index contributed by atoms with van der Waals surface area (Å²) in [6.07, 6.45) is 2.92. The van der Waals surface area contributed by atoms with Gasteiger partial charge in [-0.05, 0) is 55.3 Å². The number of hydrogen-bond acceptors (Lipinski definition) is 14. The van der Waals surface area contributed by atoms with Crippen LogP contribution in [0.3, 0.4) is 0 Å². The van der Waals surface area contributed by atoms with Crippen LogP contribution in [-0.2, 0) is 11.3 Å². The van der Waals surface area contributed by atoms with E-state index >= 15 is 0 Å². The van der Waals surface area contributed by atoms with Gasteiger partial charge in [0, 0.05) is 42.6 Å². The molecule has 0 saturated heterocycles. The minimum absolute atomic E-state index is 0.0361. The van der Waals surface area contributed by atoms with Gasteiger partial charge in [-0.2, -0.15) is 9.97 Å². The number of anilines is 4. The predicted molar refractivity (Wildman–Crippen MR) is 174 cm³/mol. The minimum Gasteiger partial charge on any atom is -0.483 e. The number of rotatable bonds is 12. The average molecular weight is 633 g/mol. The highest BCUT2D eigenvalue weighted by molar-refractivity contribution is 6.09. The maximum Gasteiger partial charge on any atom is 0.290 e. The number of hydrazine groups is 1. The zero-order valence-corrected chi connectivity index (χ0v) is 25.0. The molecule has 2 aromatic carbocycles. The van der Waals surface area contributed by atoms with Crippen molar-refractivity contribution >= 4 is 58.4 Å². The third kappa shape index (κ3) is 9.35. The molecule has 46 heavy (non-hydrogen) atoms. The van der Waals surface area contributed by atoms with E-state index in [1.165, 1.54) is 0 Å². The van der Waals surface area contributed by atoms with Crippen LogP contribution in [0, 0.1) is 0 Å². The van der Waals surface area contributed by atoms with Gasteiger partial charge < -0.3 is 43.6 Å². The number of unbranched alkanes of at least 4 members (excludes halogenated alkanes) is 1. The molecule has 0 saturated carbocycles. The molecule has 2 amide bonds. The topological polar surface area (TPSA) is 305 Å². The lowest BCUT2D eigenvalue weighted by Gasteiger charge is -2.19. The van der Waals surface area contributed by atoms with E-state index in [1.807, 2.05) is 24.1 Å². The number of nitrogens with two attached hydrogens (primary N) is 5. The SMILES string of the molecule is CN(Cc1cnc2nc(N)nc(N)c2n1)c1ccc(C(=O)NCCCCNC(=O)c2ccc(N)cc2/C(N)=N/NN)cc1.O=CO. The number of amides is 2. The summed E-state index contributed by atoms with van der Waals surface area (Å²) >= 11 is 0. The summed E-state index contributed by atoms with van der Waals surface area (Å²) in [6.45, 7) is 1.05. The van der Waals surface area contributed by atoms with E-state index in [1.54, 1.807) is 36.5 Å². The van der Waals surface area contributed by atoms with Gasteiger partial charge >= 0.3 is 0 Å². The highest BCUT2D eigenvalue weighted by Crippen LogP contribution is 2.19. The zero-order valence-electron chi connectivity index (χ0n) is 25.0.